The first-order valence-electron chi connectivity index (χ1n) is 8.07. The molecule has 1 unspecified atom stereocenters. The van der Waals surface area contributed by atoms with Gasteiger partial charge in [0.2, 0.25) is 0 Å². The average molecular weight is 432 g/mol. The molecule has 2 N–H and O–H groups in total. The highest BCUT2D eigenvalue weighted by Gasteiger charge is 2.23. The van der Waals surface area contributed by atoms with Crippen molar-refractivity contribution in [3.05, 3.63) is 35.9 Å². The lowest BCUT2D eigenvalue weighted by Crippen LogP contribution is -2.43. The van der Waals surface area contributed by atoms with Gasteiger partial charge in [0.25, 0.3) is 0 Å². The minimum Gasteiger partial charge on any atom is -0.383 e. The summed E-state index contributed by atoms with van der Waals surface area (Å²) in [5.41, 5.74) is 1.37. The Hall–Kier alpha value is -0.860. The highest BCUT2D eigenvalue weighted by Crippen LogP contribution is 2.24. The summed E-state index contributed by atoms with van der Waals surface area (Å²) in [7, 11) is 3.51. The maximum absolute atomic E-state index is 5.06. The standard InChI is InChI=1S/C17H28N4O.HI/c1-18-17(19-10-13-22-2)20-14-16(21-11-6-7-12-21)15-8-4-3-5-9-15;/h3-5,8-9,16H,6-7,10-14H2,1-2H3,(H2,18,19,20);1H. The smallest absolute Gasteiger partial charge is 0.191 e. The van der Waals surface area contributed by atoms with Crippen LogP contribution < -0.4 is 10.6 Å². The van der Waals surface area contributed by atoms with Gasteiger partial charge < -0.3 is 15.4 Å². The quantitative estimate of drug-likeness (QED) is 0.301. The third kappa shape index (κ3) is 6.64. The van der Waals surface area contributed by atoms with Crippen molar-refractivity contribution < 1.29 is 4.74 Å². The first-order valence-corrected chi connectivity index (χ1v) is 8.07. The molecule has 0 aromatic heterocycles. The van der Waals surface area contributed by atoms with Gasteiger partial charge in [-0.2, -0.15) is 0 Å². The van der Waals surface area contributed by atoms with Crippen LogP contribution in [0.1, 0.15) is 24.4 Å². The Balaban J connectivity index is 0.00000264. The van der Waals surface area contributed by atoms with Crippen LogP contribution in [0, 0.1) is 0 Å². The minimum absolute atomic E-state index is 0. The monoisotopic (exact) mass is 432 g/mol. The van der Waals surface area contributed by atoms with Crippen LogP contribution in [0.3, 0.4) is 0 Å². The second kappa shape index (κ2) is 11.6. The predicted octanol–water partition coefficient (Wildman–Crippen LogP) is 2.25. The van der Waals surface area contributed by atoms with E-state index in [-0.39, 0.29) is 24.0 Å². The summed E-state index contributed by atoms with van der Waals surface area (Å²) in [5, 5.41) is 6.71. The maximum Gasteiger partial charge on any atom is 0.191 e. The molecule has 5 nitrogen and oxygen atoms in total. The van der Waals surface area contributed by atoms with Gasteiger partial charge in [0.05, 0.1) is 12.6 Å². The van der Waals surface area contributed by atoms with Crippen LogP contribution in [-0.2, 0) is 4.74 Å². The summed E-state index contributed by atoms with van der Waals surface area (Å²) in [6.07, 6.45) is 2.59. The number of nitrogens with zero attached hydrogens (tertiary/aromatic N) is 2. The molecule has 0 amide bonds. The van der Waals surface area contributed by atoms with E-state index in [1.165, 1.54) is 31.5 Å². The molecule has 0 bridgehead atoms. The van der Waals surface area contributed by atoms with Crippen molar-refractivity contribution in [2.45, 2.75) is 18.9 Å². The fourth-order valence-corrected chi connectivity index (χ4v) is 2.87. The lowest BCUT2D eigenvalue weighted by atomic mass is 10.1. The van der Waals surface area contributed by atoms with E-state index in [4.69, 9.17) is 4.74 Å². The number of hydrogen-bond acceptors (Lipinski definition) is 3. The molecule has 0 aliphatic carbocycles. The van der Waals surface area contributed by atoms with Crippen LogP contribution in [0.2, 0.25) is 0 Å². The van der Waals surface area contributed by atoms with Gasteiger partial charge in [0.15, 0.2) is 5.96 Å². The highest BCUT2D eigenvalue weighted by atomic mass is 127. The van der Waals surface area contributed by atoms with Gasteiger partial charge in [-0.3, -0.25) is 9.89 Å². The van der Waals surface area contributed by atoms with Crippen LogP contribution in [0.15, 0.2) is 35.3 Å². The van der Waals surface area contributed by atoms with Crippen molar-refractivity contribution in [1.29, 1.82) is 0 Å². The number of nitrogens with one attached hydrogen (secondary N) is 2. The number of ether oxygens (including phenoxy) is 1. The summed E-state index contributed by atoms with van der Waals surface area (Å²) in [4.78, 5) is 6.83. The third-order valence-electron chi connectivity index (χ3n) is 4.05. The molecule has 130 valence electrons. The number of guanidine groups is 1. The second-order valence-corrected chi connectivity index (χ2v) is 5.54. The van der Waals surface area contributed by atoms with E-state index >= 15 is 0 Å². The van der Waals surface area contributed by atoms with Gasteiger partial charge in [-0.05, 0) is 31.5 Å². The van der Waals surface area contributed by atoms with E-state index in [1.54, 1.807) is 14.2 Å². The number of rotatable bonds is 7. The number of methoxy groups -OCH3 is 1. The van der Waals surface area contributed by atoms with Crippen LogP contribution in [0.25, 0.3) is 0 Å². The Morgan fingerprint density at radius 2 is 1.91 bits per heavy atom. The molecule has 0 spiro atoms. The number of aliphatic imine (C=N–C) groups is 1. The molecule has 1 aliphatic rings. The Labute approximate surface area is 156 Å². The number of likely N-dealkylation sites (tertiary alicyclic amines) is 1. The lowest BCUT2D eigenvalue weighted by Gasteiger charge is -2.28. The summed E-state index contributed by atoms with van der Waals surface area (Å²) in [6, 6.07) is 11.1. The molecule has 6 heteroatoms. The molecule has 0 saturated carbocycles. The summed E-state index contributed by atoms with van der Waals surface area (Å²) >= 11 is 0. The second-order valence-electron chi connectivity index (χ2n) is 5.54. The third-order valence-corrected chi connectivity index (χ3v) is 4.05. The van der Waals surface area contributed by atoms with E-state index in [2.05, 4.69) is 50.9 Å². The summed E-state index contributed by atoms with van der Waals surface area (Å²) < 4.78 is 5.06. The zero-order valence-electron chi connectivity index (χ0n) is 14.1. The zero-order chi connectivity index (χ0) is 15.6. The molecule has 0 radical (unpaired) electrons. The van der Waals surface area contributed by atoms with Crippen LogP contribution in [-0.4, -0.2) is 57.8 Å². The van der Waals surface area contributed by atoms with E-state index in [0.717, 1.165) is 19.0 Å². The molecule has 1 aliphatic heterocycles. The fourth-order valence-electron chi connectivity index (χ4n) is 2.87. The van der Waals surface area contributed by atoms with Gasteiger partial charge in [0, 0.05) is 27.2 Å². The first-order chi connectivity index (χ1) is 10.8. The number of halogens is 1. The predicted molar refractivity (Wildman–Crippen MR) is 107 cm³/mol. The van der Waals surface area contributed by atoms with E-state index in [9.17, 15) is 0 Å². The van der Waals surface area contributed by atoms with Gasteiger partial charge in [-0.25, -0.2) is 0 Å². The number of benzene rings is 1. The molecule has 1 heterocycles. The van der Waals surface area contributed by atoms with Crippen molar-refractivity contribution in [2.75, 3.05) is 46.9 Å². The van der Waals surface area contributed by atoms with Crippen molar-refractivity contribution in [3.63, 3.8) is 0 Å². The lowest BCUT2D eigenvalue weighted by molar-refractivity contribution is 0.203. The largest absolute Gasteiger partial charge is 0.383 e. The normalized spacial score (nSPS) is 16.7. The summed E-state index contributed by atoms with van der Waals surface area (Å²) in [6.45, 7) is 4.65. The van der Waals surface area contributed by atoms with Crippen molar-refractivity contribution in [1.82, 2.24) is 15.5 Å². The van der Waals surface area contributed by atoms with Crippen molar-refractivity contribution in [2.24, 2.45) is 4.99 Å². The van der Waals surface area contributed by atoms with Crippen LogP contribution in [0.5, 0.6) is 0 Å². The Morgan fingerprint density at radius 1 is 1.22 bits per heavy atom. The molecule has 1 aromatic rings. The topological polar surface area (TPSA) is 48.9 Å². The first kappa shape index (κ1) is 20.2. The van der Waals surface area contributed by atoms with Gasteiger partial charge in [-0.15, -0.1) is 24.0 Å². The van der Waals surface area contributed by atoms with Gasteiger partial charge in [0.1, 0.15) is 0 Å². The van der Waals surface area contributed by atoms with Crippen molar-refractivity contribution in [3.8, 4) is 0 Å². The Kier molecular flexibility index (Phi) is 10.2. The SMILES string of the molecule is CN=C(NCCOC)NCC(c1ccccc1)N1CCCC1.I. The van der Waals surface area contributed by atoms with Crippen LogP contribution in [0.4, 0.5) is 0 Å². The molecule has 2 rings (SSSR count). The Bertz CT molecular complexity index is 449. The number of hydrogen-bond donors (Lipinski definition) is 2. The zero-order valence-corrected chi connectivity index (χ0v) is 16.5. The maximum atomic E-state index is 5.06. The van der Waals surface area contributed by atoms with Gasteiger partial charge >= 0.3 is 0 Å². The fraction of sp³-hybridized carbons (Fsp3) is 0.588. The van der Waals surface area contributed by atoms with Crippen LogP contribution >= 0.6 is 24.0 Å². The summed E-state index contributed by atoms with van der Waals surface area (Å²) in [5.74, 6) is 0.831. The minimum atomic E-state index is 0. The average Bonchev–Trinajstić information content (AvgIpc) is 3.09. The van der Waals surface area contributed by atoms with E-state index in [0.29, 0.717) is 12.6 Å². The molecular weight excluding hydrogens is 403 g/mol. The molecule has 23 heavy (non-hydrogen) atoms. The molecule has 1 atom stereocenters. The molecular formula is C17H29IN4O. The Morgan fingerprint density at radius 3 is 2.52 bits per heavy atom. The van der Waals surface area contributed by atoms with E-state index < -0.39 is 0 Å². The molecule has 1 aromatic carbocycles. The van der Waals surface area contributed by atoms with Crippen molar-refractivity contribution >= 4 is 29.9 Å². The van der Waals surface area contributed by atoms with Gasteiger partial charge in [-0.1, -0.05) is 30.3 Å². The van der Waals surface area contributed by atoms with E-state index in [1.807, 2.05) is 0 Å². The molecule has 1 fully saturated rings. The molecule has 1 saturated heterocycles. The highest BCUT2D eigenvalue weighted by molar-refractivity contribution is 14.0.